The minimum atomic E-state index is 0.0500. The Morgan fingerprint density at radius 3 is 2.88 bits per heavy atom. The van der Waals surface area contributed by atoms with Crippen LogP contribution >= 0.6 is 0 Å². The SMILES string of the molecule is C=C1Oc2cc(CCCCC)c(/C(N)=N/N)c(O)c2C2C=C(C)CCC12. The number of unbranched alkanes of at least 4 members (excludes halogenated alkanes) is 2. The summed E-state index contributed by atoms with van der Waals surface area (Å²) < 4.78 is 6.04. The number of hydrogen-bond donors (Lipinski definition) is 3. The van der Waals surface area contributed by atoms with Crippen LogP contribution in [0.1, 0.15) is 68.6 Å². The molecule has 5 N–H and O–H groups in total. The molecule has 0 saturated heterocycles. The minimum Gasteiger partial charge on any atom is -0.507 e. The summed E-state index contributed by atoms with van der Waals surface area (Å²) in [6.45, 7) is 8.41. The van der Waals surface area contributed by atoms with Gasteiger partial charge in [0.2, 0.25) is 0 Å². The van der Waals surface area contributed by atoms with E-state index < -0.39 is 0 Å². The molecule has 140 valence electrons. The lowest BCUT2D eigenvalue weighted by Gasteiger charge is -2.37. The smallest absolute Gasteiger partial charge is 0.154 e. The molecule has 3 rings (SSSR count). The van der Waals surface area contributed by atoms with E-state index in [4.69, 9.17) is 16.3 Å². The maximum atomic E-state index is 11.1. The van der Waals surface area contributed by atoms with Crippen LogP contribution in [0.4, 0.5) is 0 Å². The van der Waals surface area contributed by atoms with Gasteiger partial charge in [-0.15, -0.1) is 0 Å². The molecule has 5 heteroatoms. The second kappa shape index (κ2) is 7.44. The number of aryl methyl sites for hydroxylation is 1. The number of hydrogen-bond acceptors (Lipinski definition) is 4. The predicted molar refractivity (Wildman–Crippen MR) is 105 cm³/mol. The first kappa shape index (κ1) is 18.4. The van der Waals surface area contributed by atoms with Crippen LogP contribution in [-0.4, -0.2) is 10.9 Å². The number of phenolic OH excluding ortho intramolecular Hbond substituents is 1. The quantitative estimate of drug-likeness (QED) is 0.185. The summed E-state index contributed by atoms with van der Waals surface area (Å²) in [5, 5.41) is 14.8. The largest absolute Gasteiger partial charge is 0.507 e. The highest BCUT2D eigenvalue weighted by molar-refractivity contribution is 6.02. The highest BCUT2D eigenvalue weighted by Gasteiger charge is 2.38. The van der Waals surface area contributed by atoms with Crippen molar-refractivity contribution in [3.63, 3.8) is 0 Å². The molecule has 2 aliphatic rings. The van der Waals surface area contributed by atoms with Gasteiger partial charge in [0.1, 0.15) is 17.3 Å². The van der Waals surface area contributed by atoms with E-state index in [-0.39, 0.29) is 23.4 Å². The van der Waals surface area contributed by atoms with Gasteiger partial charge in [-0.1, -0.05) is 38.0 Å². The van der Waals surface area contributed by atoms with Gasteiger partial charge in [0.15, 0.2) is 5.84 Å². The molecule has 0 spiro atoms. The molecule has 1 aromatic rings. The molecule has 2 atom stereocenters. The zero-order valence-corrected chi connectivity index (χ0v) is 15.7. The second-order valence-corrected chi connectivity index (χ2v) is 7.39. The van der Waals surface area contributed by atoms with Crippen molar-refractivity contribution >= 4 is 5.84 Å². The van der Waals surface area contributed by atoms with Crippen molar-refractivity contribution in [1.82, 2.24) is 0 Å². The third-order valence-electron chi connectivity index (χ3n) is 5.56. The van der Waals surface area contributed by atoms with Gasteiger partial charge in [-0.2, -0.15) is 5.10 Å². The molecule has 1 heterocycles. The number of amidine groups is 1. The number of rotatable bonds is 5. The van der Waals surface area contributed by atoms with Crippen LogP contribution in [0.5, 0.6) is 11.5 Å². The maximum Gasteiger partial charge on any atom is 0.154 e. The Balaban J connectivity index is 2.15. The molecular formula is C21H29N3O2. The summed E-state index contributed by atoms with van der Waals surface area (Å²) in [6, 6.07) is 1.98. The molecule has 1 aliphatic heterocycles. The summed E-state index contributed by atoms with van der Waals surface area (Å²) in [5.41, 5.74) is 9.62. The van der Waals surface area contributed by atoms with Gasteiger partial charge in [-0.25, -0.2) is 0 Å². The van der Waals surface area contributed by atoms with E-state index in [1.165, 1.54) is 5.57 Å². The highest BCUT2D eigenvalue weighted by Crippen LogP contribution is 2.52. The van der Waals surface area contributed by atoms with E-state index >= 15 is 0 Å². The third kappa shape index (κ3) is 3.18. The van der Waals surface area contributed by atoms with Crippen molar-refractivity contribution in [3.8, 4) is 11.5 Å². The van der Waals surface area contributed by atoms with Crippen LogP contribution in [0, 0.1) is 5.92 Å². The second-order valence-electron chi connectivity index (χ2n) is 7.39. The fraction of sp³-hybridized carbons (Fsp3) is 0.476. The Hall–Kier alpha value is -2.43. The molecule has 0 aromatic heterocycles. The number of fused-ring (bicyclic) bond motifs is 3. The Morgan fingerprint density at radius 1 is 1.42 bits per heavy atom. The zero-order chi connectivity index (χ0) is 18.8. The standard InChI is InChI=1S/C21H29N3O2/c1-4-5-6-7-14-11-17-19(20(25)18(14)21(22)24-23)16-10-12(2)8-9-15(16)13(3)26-17/h10-11,15-16,25H,3-9,23H2,1-2H3,(H2,22,24). The van der Waals surface area contributed by atoms with Gasteiger partial charge in [0.05, 0.1) is 5.56 Å². The average Bonchev–Trinajstić information content (AvgIpc) is 2.61. The van der Waals surface area contributed by atoms with Crippen LogP contribution < -0.4 is 16.3 Å². The molecule has 0 radical (unpaired) electrons. The lowest BCUT2D eigenvalue weighted by molar-refractivity contribution is 0.274. The molecule has 1 aliphatic carbocycles. The Morgan fingerprint density at radius 2 is 2.19 bits per heavy atom. The minimum absolute atomic E-state index is 0.0500. The fourth-order valence-corrected chi connectivity index (χ4v) is 4.16. The van der Waals surface area contributed by atoms with E-state index in [0.717, 1.165) is 55.4 Å². The van der Waals surface area contributed by atoms with Gasteiger partial charge in [0, 0.05) is 17.4 Å². The van der Waals surface area contributed by atoms with Crippen molar-refractivity contribution in [3.05, 3.63) is 46.7 Å². The first-order chi connectivity index (χ1) is 12.5. The number of hydrazone groups is 1. The highest BCUT2D eigenvalue weighted by atomic mass is 16.5. The summed E-state index contributed by atoms with van der Waals surface area (Å²) >= 11 is 0. The molecule has 5 nitrogen and oxygen atoms in total. The lowest BCUT2D eigenvalue weighted by atomic mass is 9.73. The van der Waals surface area contributed by atoms with E-state index in [9.17, 15) is 5.11 Å². The first-order valence-corrected chi connectivity index (χ1v) is 9.44. The number of nitrogens with two attached hydrogens (primary N) is 2. The summed E-state index contributed by atoms with van der Waals surface area (Å²) in [6.07, 6.45) is 8.24. The number of phenols is 1. The zero-order valence-electron chi connectivity index (χ0n) is 15.7. The van der Waals surface area contributed by atoms with Crippen molar-refractivity contribution in [2.24, 2.45) is 22.6 Å². The van der Waals surface area contributed by atoms with Crippen LogP contribution in [0.2, 0.25) is 0 Å². The van der Waals surface area contributed by atoms with Crippen LogP contribution in [0.25, 0.3) is 0 Å². The molecule has 26 heavy (non-hydrogen) atoms. The molecule has 0 amide bonds. The van der Waals surface area contributed by atoms with Crippen molar-refractivity contribution < 1.29 is 9.84 Å². The number of nitrogens with zero attached hydrogens (tertiary/aromatic N) is 1. The Kier molecular flexibility index (Phi) is 5.25. The Labute approximate surface area is 155 Å². The monoisotopic (exact) mass is 355 g/mol. The van der Waals surface area contributed by atoms with Crippen molar-refractivity contribution in [2.45, 2.75) is 58.3 Å². The molecule has 2 unspecified atom stereocenters. The van der Waals surface area contributed by atoms with Crippen LogP contribution in [0.3, 0.4) is 0 Å². The van der Waals surface area contributed by atoms with Crippen molar-refractivity contribution in [2.75, 3.05) is 0 Å². The molecule has 0 fully saturated rings. The summed E-state index contributed by atoms with van der Waals surface area (Å²) in [5.74, 6) is 7.43. The fourth-order valence-electron chi connectivity index (χ4n) is 4.16. The van der Waals surface area contributed by atoms with E-state index in [1.54, 1.807) is 0 Å². The molecular weight excluding hydrogens is 326 g/mol. The van der Waals surface area contributed by atoms with E-state index in [0.29, 0.717) is 11.3 Å². The van der Waals surface area contributed by atoms with Crippen molar-refractivity contribution in [1.29, 1.82) is 0 Å². The molecule has 1 aromatic carbocycles. The van der Waals surface area contributed by atoms with Gasteiger partial charge in [0.25, 0.3) is 0 Å². The van der Waals surface area contributed by atoms with Crippen LogP contribution in [0.15, 0.2) is 35.2 Å². The van der Waals surface area contributed by atoms with Crippen LogP contribution in [-0.2, 0) is 6.42 Å². The number of aromatic hydroxyl groups is 1. The van der Waals surface area contributed by atoms with Gasteiger partial charge < -0.3 is 21.4 Å². The normalized spacial score (nSPS) is 22.3. The number of benzene rings is 1. The number of ether oxygens (including phenoxy) is 1. The van der Waals surface area contributed by atoms with Gasteiger partial charge >= 0.3 is 0 Å². The maximum absolute atomic E-state index is 11.1. The molecule has 0 bridgehead atoms. The summed E-state index contributed by atoms with van der Waals surface area (Å²) in [4.78, 5) is 0. The lowest BCUT2D eigenvalue weighted by Crippen LogP contribution is -2.27. The van der Waals surface area contributed by atoms with E-state index in [1.807, 2.05) is 6.07 Å². The number of allylic oxidation sites excluding steroid dienone is 3. The topological polar surface area (TPSA) is 93.9 Å². The van der Waals surface area contributed by atoms with Gasteiger partial charge in [-0.05, 0) is 44.2 Å². The summed E-state index contributed by atoms with van der Waals surface area (Å²) in [7, 11) is 0. The Bertz CT molecular complexity index is 780. The van der Waals surface area contributed by atoms with E-state index in [2.05, 4.69) is 31.6 Å². The average molecular weight is 355 g/mol. The van der Waals surface area contributed by atoms with Gasteiger partial charge in [-0.3, -0.25) is 0 Å². The molecule has 0 saturated carbocycles. The third-order valence-corrected chi connectivity index (χ3v) is 5.56. The predicted octanol–water partition coefficient (Wildman–Crippen LogP) is 4.05. The first-order valence-electron chi connectivity index (χ1n) is 9.44.